The summed E-state index contributed by atoms with van der Waals surface area (Å²) in [6, 6.07) is 0. The fourth-order valence-electron chi connectivity index (χ4n) is 0. The third-order valence-corrected chi connectivity index (χ3v) is 0. The minimum atomic E-state index is 0. The molecule has 0 aromatic rings. The molecule has 0 saturated heterocycles. The van der Waals surface area contributed by atoms with Crippen LogP contribution in [-0.2, 0) is 82.9 Å². The van der Waals surface area contributed by atoms with Crippen LogP contribution in [0.2, 0.25) is 0 Å². The van der Waals surface area contributed by atoms with Crippen molar-refractivity contribution in [3.63, 3.8) is 0 Å². The number of rotatable bonds is 0. The maximum absolute atomic E-state index is 0. The molecule has 0 aliphatic rings. The molecule has 0 aliphatic heterocycles. The van der Waals surface area contributed by atoms with Crippen LogP contribution in [0.5, 0.6) is 0 Å². The molecule has 0 N–H and O–H groups in total. The van der Waals surface area contributed by atoms with Crippen molar-refractivity contribution in [1.29, 1.82) is 0 Å². The van der Waals surface area contributed by atoms with E-state index in [9.17, 15) is 0 Å². The average Bonchev–Trinajstić information content (AvgIpc) is 0. The second-order valence-corrected chi connectivity index (χ2v) is 0. The van der Waals surface area contributed by atoms with Gasteiger partial charge < -0.3 is 0 Å². The molecule has 0 amide bonds. The van der Waals surface area contributed by atoms with Gasteiger partial charge in [-0.1, -0.05) is 0 Å². The first-order valence-corrected chi connectivity index (χ1v) is 0. The van der Waals surface area contributed by atoms with Crippen LogP contribution >= 0.6 is 0 Å². The molecule has 0 saturated carbocycles. The molecule has 0 atom stereocenters. The van der Waals surface area contributed by atoms with E-state index in [0.29, 0.717) is 0 Å². The van der Waals surface area contributed by atoms with Crippen molar-refractivity contribution in [3.8, 4) is 0 Å². The first-order valence-electron chi connectivity index (χ1n) is 0. The van der Waals surface area contributed by atoms with Gasteiger partial charge >= 0.3 is 0 Å². The SMILES string of the molecule is [C].[Cu].[Mo].[V].[Zr]. The predicted molar refractivity (Wildman–Crippen MR) is 3.24 cm³/mol. The molecule has 6 radical (unpaired) electrons. The van der Waals surface area contributed by atoms with Crippen LogP contribution in [-0.4, -0.2) is 0 Å². The van der Waals surface area contributed by atoms with Gasteiger partial charge in [0.05, 0.1) is 0 Å². The third kappa shape index (κ3) is 20.4. The van der Waals surface area contributed by atoms with Gasteiger partial charge in [0.2, 0.25) is 0 Å². The fourth-order valence-corrected chi connectivity index (χ4v) is 0. The summed E-state index contributed by atoms with van der Waals surface area (Å²) >= 11 is 0. The molecule has 0 nitrogen and oxygen atoms in total. The van der Waals surface area contributed by atoms with E-state index >= 15 is 0 Å². The van der Waals surface area contributed by atoms with Gasteiger partial charge in [-0.25, -0.2) is 0 Å². The molecule has 4 heteroatoms. The monoisotopic (exact) mass is 314 g/mol. The Bertz CT molecular complexity index is 11.6. The van der Waals surface area contributed by atoms with E-state index in [4.69, 9.17) is 0 Å². The Morgan fingerprint density at radius 3 is 1.00 bits per heavy atom. The molecule has 0 aliphatic carbocycles. The standard InChI is InChI=1S/C.Cu.Mo.V.Zr. The molecule has 0 aromatic heterocycles. The first kappa shape index (κ1) is 47.8. The topological polar surface area (TPSA) is 0 Å². The molecule has 0 unspecified atom stereocenters. The normalized spacial score (nSPS) is 0. The molecule has 0 aromatic carbocycles. The zero-order valence-electron chi connectivity index (χ0n) is 2.16. The summed E-state index contributed by atoms with van der Waals surface area (Å²) in [7, 11) is 0. The van der Waals surface area contributed by atoms with E-state index in [0.717, 1.165) is 0 Å². The summed E-state index contributed by atoms with van der Waals surface area (Å²) in [5, 5.41) is 0. The van der Waals surface area contributed by atoms with Gasteiger partial charge in [0.15, 0.2) is 0 Å². The zero-order valence-corrected chi connectivity index (χ0v) is 8.96. The van der Waals surface area contributed by atoms with Crippen LogP contribution < -0.4 is 0 Å². The third-order valence-electron chi connectivity index (χ3n) is 0. The van der Waals surface area contributed by atoms with E-state index < -0.39 is 0 Å². The van der Waals surface area contributed by atoms with Crippen LogP contribution in [0.4, 0.5) is 0 Å². The van der Waals surface area contributed by atoms with Crippen LogP contribution in [0.25, 0.3) is 0 Å². The Labute approximate surface area is 89.0 Å². The van der Waals surface area contributed by atoms with E-state index in [1.165, 1.54) is 0 Å². The largest absolute Gasteiger partial charge is 0 e. The van der Waals surface area contributed by atoms with Crippen molar-refractivity contribution in [1.82, 2.24) is 0 Å². The molecule has 0 rings (SSSR count). The number of hydrogen-bond acceptors (Lipinski definition) is 0. The molecule has 0 fully saturated rings. The van der Waals surface area contributed by atoms with Gasteiger partial charge in [0, 0.05) is 90.3 Å². The van der Waals surface area contributed by atoms with Gasteiger partial charge in [0.25, 0.3) is 0 Å². The Balaban J connectivity index is 0. The van der Waals surface area contributed by atoms with Crippen LogP contribution in [0.3, 0.4) is 0 Å². The summed E-state index contributed by atoms with van der Waals surface area (Å²) in [4.78, 5) is 0. The smallest absolute Gasteiger partial charge is 0 e. The predicted octanol–water partition coefficient (Wildman–Crippen LogP) is 0.0713. The van der Waals surface area contributed by atoms with E-state index in [-0.39, 0.29) is 90.3 Å². The average molecular weight is 314 g/mol. The minimum absolute atomic E-state index is 0. The Hall–Kier alpha value is 2.68. The fraction of sp³-hybridized carbons (Fsp3) is 0. The molecule has 0 heterocycles. The summed E-state index contributed by atoms with van der Waals surface area (Å²) in [5.41, 5.74) is 0. The van der Waals surface area contributed by atoms with Crippen molar-refractivity contribution >= 4 is 0 Å². The Kier molecular flexibility index (Phi) is 287. The molecule has 5 heavy (non-hydrogen) atoms. The first-order chi connectivity index (χ1) is 0. The zero-order chi connectivity index (χ0) is 0. The van der Waals surface area contributed by atoms with Crippen molar-refractivity contribution in [2.24, 2.45) is 0 Å². The maximum Gasteiger partial charge on any atom is 0 e. The van der Waals surface area contributed by atoms with Gasteiger partial charge in [-0.15, -0.1) is 0 Å². The van der Waals surface area contributed by atoms with Gasteiger partial charge in [-0.2, -0.15) is 0 Å². The quantitative estimate of drug-likeness (QED) is 0.555. The summed E-state index contributed by atoms with van der Waals surface area (Å²) < 4.78 is 0. The van der Waals surface area contributed by atoms with Crippen LogP contribution in [0.15, 0.2) is 0 Å². The van der Waals surface area contributed by atoms with Crippen LogP contribution in [0.1, 0.15) is 0 Å². The van der Waals surface area contributed by atoms with Crippen molar-refractivity contribution in [2.75, 3.05) is 0 Å². The van der Waals surface area contributed by atoms with E-state index in [1.54, 1.807) is 0 Å². The molecule has 0 bridgehead atoms. The summed E-state index contributed by atoms with van der Waals surface area (Å²) in [6.07, 6.45) is 0. The Morgan fingerprint density at radius 1 is 1.00 bits per heavy atom. The second kappa shape index (κ2) is 30.0. The molecular formula is CCuMoVZr. The molecular weight excluding hydrogens is 314 g/mol. The Morgan fingerprint density at radius 2 is 1.00 bits per heavy atom. The summed E-state index contributed by atoms with van der Waals surface area (Å²) in [5.74, 6) is 0. The molecule has 30 valence electrons. The van der Waals surface area contributed by atoms with E-state index in [2.05, 4.69) is 0 Å². The van der Waals surface area contributed by atoms with Crippen molar-refractivity contribution in [2.45, 2.75) is 0 Å². The minimum Gasteiger partial charge on any atom is 0 e. The van der Waals surface area contributed by atoms with E-state index in [1.807, 2.05) is 0 Å². The van der Waals surface area contributed by atoms with Gasteiger partial charge in [0.1, 0.15) is 0 Å². The van der Waals surface area contributed by atoms with Crippen LogP contribution in [0, 0.1) is 7.43 Å². The van der Waals surface area contributed by atoms with Gasteiger partial charge in [-0.05, 0) is 0 Å². The van der Waals surface area contributed by atoms with Crippen molar-refractivity contribution in [3.05, 3.63) is 7.43 Å². The summed E-state index contributed by atoms with van der Waals surface area (Å²) in [6.45, 7) is 0. The van der Waals surface area contributed by atoms with Crippen molar-refractivity contribution < 1.29 is 82.9 Å². The molecule has 0 spiro atoms. The second-order valence-electron chi connectivity index (χ2n) is 0. The van der Waals surface area contributed by atoms with Gasteiger partial charge in [-0.3, -0.25) is 0 Å². The number of hydrogen-bond donors (Lipinski definition) is 0. The maximum atomic E-state index is 0.